The molecule has 0 radical (unpaired) electrons. The van der Waals surface area contributed by atoms with Gasteiger partial charge in [0.15, 0.2) is 0 Å². The molecule has 24 heteroatoms. The molecule has 0 rings (SSSR count). The number of esters is 9. The van der Waals surface area contributed by atoms with Gasteiger partial charge >= 0.3 is 53.7 Å². The lowest BCUT2D eigenvalue weighted by Gasteiger charge is -2.35. The molecule has 0 aromatic rings. The number of hydrogen-bond acceptors (Lipinski definition) is 18. The second kappa shape index (κ2) is 54.0. The molecule has 8 unspecified atom stereocenters. The Balaban J connectivity index is 7.78. The predicted octanol–water partition coefficient (Wildman–Crippen LogP) is 21.7. The van der Waals surface area contributed by atoms with Crippen LogP contribution in [0.4, 0.5) is 26.3 Å². The molecular formula is C88H148F6O18. The van der Waals surface area contributed by atoms with Gasteiger partial charge in [0.1, 0.15) is 59.5 Å². The monoisotopic (exact) mass is 1610 g/mol. The fourth-order valence-electron chi connectivity index (χ4n) is 13.1. The normalized spacial score (nSPS) is 16.1. The summed E-state index contributed by atoms with van der Waals surface area (Å²) in [5.74, 6) is -13.1. The van der Waals surface area contributed by atoms with Crippen LogP contribution >= 0.6 is 0 Å². The zero-order valence-electron chi connectivity index (χ0n) is 72.2. The lowest BCUT2D eigenvalue weighted by Crippen LogP contribution is -2.47. The predicted molar refractivity (Wildman–Crippen MR) is 425 cm³/mol. The quantitative estimate of drug-likeness (QED) is 0.0181. The van der Waals surface area contributed by atoms with Crippen molar-refractivity contribution in [2.75, 3.05) is 59.5 Å². The van der Waals surface area contributed by atoms with Crippen LogP contribution in [0.2, 0.25) is 0 Å². The van der Waals surface area contributed by atoms with Gasteiger partial charge in [-0.1, -0.05) is 219 Å². The van der Waals surface area contributed by atoms with Crippen molar-refractivity contribution in [2.24, 2.45) is 28.1 Å². The Kier molecular flexibility index (Phi) is 51.2. The van der Waals surface area contributed by atoms with Crippen molar-refractivity contribution >= 4 is 53.7 Å². The smallest absolute Gasteiger partial charge is 0.344 e. The number of halogens is 6. The molecule has 0 N–H and O–H groups in total. The first-order chi connectivity index (χ1) is 52.8. The standard InChI is InChI=1S/C88H148F6O18/c1-20-34-40-44-52-85(91,51-43-37-23-4)76(100)109-61-81(29-10,62-110-77(101)86(92,53-45-41-35-21-2)54-46-42-36-22-3)58-106-73(97)68(18)56-70(47-26-7)88(94,48-27-8)79(103)112-65-82(30-11,63-108-75(99)84(90,49-38-24-5)50-39-25-6)59-105-72(96)67(17)55-69(19)87(93,33-14)78(102)111-64-80(28-9,57-104-71(95)66(15)16)60-107-74(98)83(89,31-12)32-13/h55-56,69-70H,15,20-54,57-65H2,1-14,16-19H3/b67-55+,68-56+. The van der Waals surface area contributed by atoms with Crippen LogP contribution in [0.5, 0.6) is 0 Å². The first-order valence-corrected chi connectivity index (χ1v) is 42.5. The van der Waals surface area contributed by atoms with Crippen LogP contribution < -0.4 is 0 Å². The highest BCUT2D eigenvalue weighted by atomic mass is 19.2. The molecule has 0 spiro atoms. The number of carbonyl (C=O) groups excluding carboxylic acids is 9. The maximum Gasteiger partial charge on any atom is 0.344 e. The van der Waals surface area contributed by atoms with Crippen LogP contribution in [0.1, 0.15) is 349 Å². The summed E-state index contributed by atoms with van der Waals surface area (Å²) in [4.78, 5) is 125. The van der Waals surface area contributed by atoms with E-state index in [9.17, 15) is 43.2 Å². The van der Waals surface area contributed by atoms with Gasteiger partial charge in [-0.05, 0) is 149 Å². The lowest BCUT2D eigenvalue weighted by atomic mass is 9.81. The molecule has 0 aromatic heterocycles. The SMILES string of the molecule is C=C(C)C(=O)OCC(CC)(COC(=O)C(F)(CC)CC)COC(=O)C(F)(CC)C(C)/C=C(\C)C(=O)OCC(CC)(COC(=O)C(F)(CCCC)CCCC)COC(=O)C(F)(CCC)C(/C=C(\C)C(=O)OCC(CC)(COC(=O)C(F)(CCCCC)CCCCCC)COC(=O)C(F)(CCCCCC)CCCCCC)CCC. The van der Waals surface area contributed by atoms with Crippen molar-refractivity contribution in [3.8, 4) is 0 Å². The van der Waals surface area contributed by atoms with E-state index in [4.69, 9.17) is 42.6 Å². The summed E-state index contributed by atoms with van der Waals surface area (Å²) in [6.45, 7) is 27.3. The van der Waals surface area contributed by atoms with Crippen molar-refractivity contribution in [1.29, 1.82) is 0 Å². The van der Waals surface area contributed by atoms with E-state index >= 15 is 26.3 Å². The van der Waals surface area contributed by atoms with E-state index in [1.165, 1.54) is 54.5 Å². The van der Waals surface area contributed by atoms with Gasteiger partial charge in [-0.2, -0.15) is 0 Å². The van der Waals surface area contributed by atoms with Gasteiger partial charge in [-0.15, -0.1) is 0 Å². The first-order valence-electron chi connectivity index (χ1n) is 42.5. The van der Waals surface area contributed by atoms with E-state index < -0.39 is 188 Å². The molecule has 112 heavy (non-hydrogen) atoms. The van der Waals surface area contributed by atoms with Gasteiger partial charge in [0, 0.05) is 28.6 Å². The Morgan fingerprint density at radius 1 is 0.295 bits per heavy atom. The minimum Gasteiger partial charge on any atom is -0.462 e. The average Bonchev–Trinajstić information content (AvgIpc) is 0.810. The molecule has 0 heterocycles. The van der Waals surface area contributed by atoms with E-state index in [1.54, 1.807) is 34.6 Å². The molecule has 0 aliphatic heterocycles. The van der Waals surface area contributed by atoms with Gasteiger partial charge in [0.2, 0.25) is 34.0 Å². The highest BCUT2D eigenvalue weighted by molar-refractivity contribution is 5.90. The zero-order valence-corrected chi connectivity index (χ0v) is 72.2. The van der Waals surface area contributed by atoms with Gasteiger partial charge < -0.3 is 42.6 Å². The number of ether oxygens (including phenoxy) is 9. The third-order valence-corrected chi connectivity index (χ3v) is 22.4. The highest BCUT2D eigenvalue weighted by Gasteiger charge is 2.51. The zero-order chi connectivity index (χ0) is 85.5. The topological polar surface area (TPSA) is 237 Å². The van der Waals surface area contributed by atoms with Crippen LogP contribution in [0.3, 0.4) is 0 Å². The van der Waals surface area contributed by atoms with Crippen LogP contribution in [0.15, 0.2) is 35.5 Å². The summed E-state index contributed by atoms with van der Waals surface area (Å²) >= 11 is 0. The molecule has 0 saturated carbocycles. The van der Waals surface area contributed by atoms with Crippen LogP contribution in [-0.4, -0.2) is 147 Å². The fourth-order valence-corrected chi connectivity index (χ4v) is 13.1. The molecule has 0 fully saturated rings. The number of allylic oxidation sites excluding steroid dienone is 2. The Bertz CT molecular complexity index is 2880. The minimum absolute atomic E-state index is 0.0160. The summed E-state index contributed by atoms with van der Waals surface area (Å²) in [7, 11) is 0. The van der Waals surface area contributed by atoms with E-state index in [1.807, 2.05) is 41.5 Å². The Morgan fingerprint density at radius 2 is 0.571 bits per heavy atom. The largest absolute Gasteiger partial charge is 0.462 e. The maximum atomic E-state index is 18.4. The van der Waals surface area contributed by atoms with E-state index in [0.29, 0.717) is 77.0 Å². The molecule has 18 nitrogen and oxygen atoms in total. The molecule has 0 aromatic carbocycles. The number of unbranched alkanes of at least 4 members (excludes halogenated alkanes) is 13. The Labute approximate surface area is 669 Å². The molecule has 0 aliphatic rings. The van der Waals surface area contributed by atoms with Crippen LogP contribution in [-0.2, 0) is 85.8 Å². The third kappa shape index (κ3) is 34.8. The summed E-state index contributed by atoms with van der Waals surface area (Å²) in [5.41, 5.74) is -20.3. The van der Waals surface area contributed by atoms with E-state index in [-0.39, 0.29) is 107 Å². The van der Waals surface area contributed by atoms with Gasteiger partial charge in [0.05, 0.1) is 16.2 Å². The molecule has 0 saturated heterocycles. The van der Waals surface area contributed by atoms with Gasteiger partial charge in [0.25, 0.3) is 0 Å². The minimum atomic E-state index is -2.88. The molecule has 650 valence electrons. The average molecular weight is 1610 g/mol. The van der Waals surface area contributed by atoms with E-state index in [2.05, 4.69) is 6.58 Å². The number of hydrogen-bond donors (Lipinski definition) is 0. The van der Waals surface area contributed by atoms with Crippen molar-refractivity contribution in [3.63, 3.8) is 0 Å². The van der Waals surface area contributed by atoms with E-state index in [0.717, 1.165) is 51.0 Å². The third-order valence-electron chi connectivity index (χ3n) is 22.4. The van der Waals surface area contributed by atoms with Crippen molar-refractivity contribution in [3.05, 3.63) is 35.5 Å². The van der Waals surface area contributed by atoms with Crippen LogP contribution in [0.25, 0.3) is 0 Å². The maximum absolute atomic E-state index is 18.4. The molecule has 8 atom stereocenters. The Morgan fingerprint density at radius 3 is 0.866 bits per heavy atom. The van der Waals surface area contributed by atoms with Gasteiger partial charge in [-0.3, -0.25) is 0 Å². The lowest BCUT2D eigenvalue weighted by molar-refractivity contribution is -0.177. The summed E-state index contributed by atoms with van der Waals surface area (Å²) in [5, 5.41) is 0. The van der Waals surface area contributed by atoms with Crippen molar-refractivity contribution in [1.82, 2.24) is 0 Å². The molecule has 0 bridgehead atoms. The van der Waals surface area contributed by atoms with Crippen LogP contribution in [0, 0.1) is 28.1 Å². The van der Waals surface area contributed by atoms with Crippen molar-refractivity contribution < 1.29 is 112 Å². The first kappa shape index (κ1) is 106. The second-order valence-corrected chi connectivity index (χ2v) is 31.9. The van der Waals surface area contributed by atoms with Gasteiger partial charge in [-0.25, -0.2) is 69.5 Å². The molecule has 0 aliphatic carbocycles. The summed E-state index contributed by atoms with van der Waals surface area (Å²) in [6.07, 6.45) is 12.8. The highest BCUT2D eigenvalue weighted by Crippen LogP contribution is 2.40. The summed E-state index contributed by atoms with van der Waals surface area (Å²) in [6, 6.07) is 0. The molecular weight excluding hydrogens is 1460 g/mol. The number of alkyl halides is 6. The fraction of sp³-hybridized carbons (Fsp3) is 0.830. The number of rotatable bonds is 66. The number of carbonyl (C=O) groups is 9. The Hall–Kier alpha value is -5.97. The second-order valence-electron chi connectivity index (χ2n) is 31.9. The summed E-state index contributed by atoms with van der Waals surface area (Å²) < 4.78 is 154. The molecule has 0 amide bonds. The van der Waals surface area contributed by atoms with Crippen molar-refractivity contribution in [2.45, 2.75) is 383 Å².